The van der Waals surface area contributed by atoms with Crippen LogP contribution < -0.4 is 10.6 Å². The monoisotopic (exact) mass is 282 g/mol. The largest absolute Gasteiger partial charge is 0.346 e. The summed E-state index contributed by atoms with van der Waals surface area (Å²) >= 11 is 5.10. The number of thiocarbonyl (C=S) groups is 1. The highest BCUT2D eigenvalue weighted by molar-refractivity contribution is 7.80. The summed E-state index contributed by atoms with van der Waals surface area (Å²) < 4.78 is 26.2. The van der Waals surface area contributed by atoms with Crippen molar-refractivity contribution in [3.63, 3.8) is 0 Å². The summed E-state index contributed by atoms with van der Waals surface area (Å²) in [7, 11) is 0. The molecule has 0 aromatic heterocycles. The molecule has 0 amide bonds. The molecular formula is C14H16F2N2S. The van der Waals surface area contributed by atoms with Gasteiger partial charge in [-0.05, 0) is 37.2 Å². The van der Waals surface area contributed by atoms with Crippen LogP contribution in [0.4, 0.5) is 14.5 Å². The zero-order valence-corrected chi connectivity index (χ0v) is 11.7. The second-order valence-electron chi connectivity index (χ2n) is 4.14. The Morgan fingerprint density at radius 3 is 2.47 bits per heavy atom. The third-order valence-corrected chi connectivity index (χ3v) is 3.22. The van der Waals surface area contributed by atoms with Crippen LogP contribution >= 0.6 is 12.2 Å². The van der Waals surface area contributed by atoms with Crippen LogP contribution in [0, 0.1) is 24.0 Å². The van der Waals surface area contributed by atoms with E-state index in [1.165, 1.54) is 6.07 Å². The Labute approximate surface area is 117 Å². The molecule has 0 spiro atoms. The SMILES string of the molecule is C#CC(CC)(CC)NC(=S)Nc1ccc(F)cc1F. The van der Waals surface area contributed by atoms with Crippen LogP contribution in [0.25, 0.3) is 0 Å². The number of halogens is 2. The van der Waals surface area contributed by atoms with E-state index < -0.39 is 17.2 Å². The molecule has 0 fully saturated rings. The van der Waals surface area contributed by atoms with Gasteiger partial charge in [-0.3, -0.25) is 0 Å². The van der Waals surface area contributed by atoms with E-state index in [0.29, 0.717) is 12.8 Å². The van der Waals surface area contributed by atoms with E-state index in [4.69, 9.17) is 18.6 Å². The maximum absolute atomic E-state index is 13.5. The molecule has 1 aromatic rings. The summed E-state index contributed by atoms with van der Waals surface area (Å²) in [5.41, 5.74) is -0.447. The normalized spacial score (nSPS) is 10.7. The van der Waals surface area contributed by atoms with Crippen molar-refractivity contribution in [1.29, 1.82) is 0 Å². The van der Waals surface area contributed by atoms with Crippen LogP contribution in [0.1, 0.15) is 26.7 Å². The third kappa shape index (κ3) is 3.90. The fourth-order valence-electron chi connectivity index (χ4n) is 1.63. The number of nitrogens with one attached hydrogen (secondary N) is 2. The fourth-order valence-corrected chi connectivity index (χ4v) is 1.93. The first kappa shape index (κ1) is 15.4. The number of benzene rings is 1. The zero-order valence-electron chi connectivity index (χ0n) is 10.9. The van der Waals surface area contributed by atoms with Crippen molar-refractivity contribution >= 4 is 23.0 Å². The molecule has 0 saturated heterocycles. The van der Waals surface area contributed by atoms with Crippen molar-refractivity contribution in [3.8, 4) is 12.3 Å². The molecule has 0 radical (unpaired) electrons. The topological polar surface area (TPSA) is 24.1 Å². The molecule has 1 rings (SSSR count). The molecule has 0 saturated carbocycles. The van der Waals surface area contributed by atoms with Crippen molar-refractivity contribution in [2.45, 2.75) is 32.2 Å². The summed E-state index contributed by atoms with van der Waals surface area (Å²) in [6, 6.07) is 3.23. The molecule has 0 unspecified atom stereocenters. The maximum atomic E-state index is 13.5. The van der Waals surface area contributed by atoms with E-state index >= 15 is 0 Å². The summed E-state index contributed by atoms with van der Waals surface area (Å²) in [6.45, 7) is 3.88. The molecule has 1 aromatic carbocycles. The quantitative estimate of drug-likeness (QED) is 0.653. The van der Waals surface area contributed by atoms with Crippen molar-refractivity contribution in [2.24, 2.45) is 0 Å². The molecule has 2 nitrogen and oxygen atoms in total. The van der Waals surface area contributed by atoms with E-state index in [0.717, 1.165) is 12.1 Å². The lowest BCUT2D eigenvalue weighted by atomic mass is 9.94. The smallest absolute Gasteiger partial charge is 0.172 e. The molecular weight excluding hydrogens is 266 g/mol. The van der Waals surface area contributed by atoms with Gasteiger partial charge in [-0.1, -0.05) is 19.8 Å². The Morgan fingerprint density at radius 2 is 2.00 bits per heavy atom. The van der Waals surface area contributed by atoms with Crippen molar-refractivity contribution in [2.75, 3.05) is 5.32 Å². The molecule has 0 aliphatic heterocycles. The minimum absolute atomic E-state index is 0.108. The molecule has 5 heteroatoms. The molecule has 102 valence electrons. The van der Waals surface area contributed by atoms with Gasteiger partial charge in [0.15, 0.2) is 5.11 Å². The van der Waals surface area contributed by atoms with Gasteiger partial charge in [0, 0.05) is 6.07 Å². The van der Waals surface area contributed by atoms with Crippen LogP contribution in [-0.2, 0) is 0 Å². The Hall–Kier alpha value is -1.67. The highest BCUT2D eigenvalue weighted by atomic mass is 32.1. The second-order valence-corrected chi connectivity index (χ2v) is 4.55. The number of terminal acetylenes is 1. The van der Waals surface area contributed by atoms with E-state index in [9.17, 15) is 8.78 Å². The Kier molecular flexibility index (Phi) is 5.25. The van der Waals surface area contributed by atoms with Gasteiger partial charge >= 0.3 is 0 Å². The molecule has 0 atom stereocenters. The molecule has 2 N–H and O–H groups in total. The Morgan fingerprint density at radius 1 is 1.37 bits per heavy atom. The van der Waals surface area contributed by atoms with Gasteiger partial charge in [-0.2, -0.15) is 0 Å². The number of anilines is 1. The molecule has 0 aliphatic rings. The van der Waals surface area contributed by atoms with Crippen molar-refractivity contribution in [3.05, 3.63) is 29.8 Å². The highest BCUT2D eigenvalue weighted by Gasteiger charge is 2.23. The fraction of sp³-hybridized carbons (Fsp3) is 0.357. The molecule has 0 aliphatic carbocycles. The first-order chi connectivity index (χ1) is 8.96. The van der Waals surface area contributed by atoms with Gasteiger partial charge < -0.3 is 10.6 Å². The molecule has 0 bridgehead atoms. The Balaban J connectivity index is 2.78. The van der Waals surface area contributed by atoms with Gasteiger partial charge in [0.25, 0.3) is 0 Å². The Bertz CT molecular complexity index is 505. The summed E-state index contributed by atoms with van der Waals surface area (Å²) in [6.07, 6.45) is 6.87. The predicted octanol–water partition coefficient (Wildman–Crippen LogP) is 3.44. The van der Waals surface area contributed by atoms with Crippen LogP contribution in [0.2, 0.25) is 0 Å². The predicted molar refractivity (Wildman–Crippen MR) is 77.9 cm³/mol. The van der Waals surface area contributed by atoms with Gasteiger partial charge in [-0.25, -0.2) is 8.78 Å². The number of hydrogen-bond acceptors (Lipinski definition) is 1. The zero-order chi connectivity index (χ0) is 14.5. The minimum Gasteiger partial charge on any atom is -0.346 e. The van der Waals surface area contributed by atoms with Gasteiger partial charge in [0.2, 0.25) is 0 Å². The molecule has 0 heterocycles. The second kappa shape index (κ2) is 6.48. The van der Waals surface area contributed by atoms with E-state index in [2.05, 4.69) is 16.6 Å². The van der Waals surface area contributed by atoms with Gasteiger partial charge in [0.05, 0.1) is 11.2 Å². The summed E-state index contributed by atoms with van der Waals surface area (Å²) in [5.74, 6) is 1.32. The lowest BCUT2D eigenvalue weighted by molar-refractivity contribution is 0.461. The lowest BCUT2D eigenvalue weighted by Gasteiger charge is -2.28. The van der Waals surface area contributed by atoms with Gasteiger partial charge in [-0.15, -0.1) is 6.42 Å². The van der Waals surface area contributed by atoms with Crippen LogP contribution in [0.15, 0.2) is 18.2 Å². The van der Waals surface area contributed by atoms with Crippen molar-refractivity contribution in [1.82, 2.24) is 5.32 Å². The number of hydrogen-bond donors (Lipinski definition) is 2. The third-order valence-electron chi connectivity index (χ3n) is 3.02. The van der Waals surface area contributed by atoms with Crippen LogP contribution in [-0.4, -0.2) is 10.7 Å². The minimum atomic E-state index is -0.705. The average Bonchev–Trinajstić information content (AvgIpc) is 2.39. The van der Waals surface area contributed by atoms with E-state index in [1.807, 2.05) is 13.8 Å². The van der Waals surface area contributed by atoms with Crippen molar-refractivity contribution < 1.29 is 8.78 Å². The standard InChI is InChI=1S/C14H16F2N2S/c1-4-14(5-2,6-3)18-13(19)17-12-8-7-10(15)9-11(12)16/h1,7-9H,5-6H2,2-3H3,(H2,17,18,19). The number of rotatable bonds is 4. The summed E-state index contributed by atoms with van der Waals surface area (Å²) in [4.78, 5) is 0. The van der Waals surface area contributed by atoms with Crippen LogP contribution in [0.5, 0.6) is 0 Å². The maximum Gasteiger partial charge on any atom is 0.172 e. The van der Waals surface area contributed by atoms with Gasteiger partial charge in [0.1, 0.15) is 11.6 Å². The first-order valence-electron chi connectivity index (χ1n) is 5.98. The van der Waals surface area contributed by atoms with Crippen LogP contribution in [0.3, 0.4) is 0 Å². The lowest BCUT2D eigenvalue weighted by Crippen LogP contribution is -2.48. The highest BCUT2D eigenvalue weighted by Crippen LogP contribution is 2.17. The van der Waals surface area contributed by atoms with E-state index in [1.54, 1.807) is 0 Å². The summed E-state index contributed by atoms with van der Waals surface area (Å²) in [5, 5.41) is 5.89. The first-order valence-corrected chi connectivity index (χ1v) is 6.39. The molecule has 19 heavy (non-hydrogen) atoms. The average molecular weight is 282 g/mol. The van der Waals surface area contributed by atoms with E-state index in [-0.39, 0.29) is 10.8 Å².